The van der Waals surface area contributed by atoms with E-state index in [9.17, 15) is 27.9 Å². The molecule has 0 saturated carbocycles. The SMILES string of the molecule is COc1ccc(C2/C(=C(\O)c3cccc(OC)c3)C(=O)C(=O)N2c2cccc(OC(F)(F)F)c2)cc1. The molecule has 1 aliphatic rings. The van der Waals surface area contributed by atoms with E-state index in [1.807, 2.05) is 0 Å². The number of alkyl halides is 3. The predicted molar refractivity (Wildman–Crippen MR) is 124 cm³/mol. The monoisotopic (exact) mass is 499 g/mol. The van der Waals surface area contributed by atoms with Gasteiger partial charge in [-0.2, -0.15) is 0 Å². The quantitative estimate of drug-likeness (QED) is 0.284. The highest BCUT2D eigenvalue weighted by atomic mass is 19.4. The van der Waals surface area contributed by atoms with Gasteiger partial charge in [0.15, 0.2) is 0 Å². The molecule has 1 unspecified atom stereocenters. The average Bonchev–Trinajstić information content (AvgIpc) is 3.13. The number of carbonyl (C=O) groups is 2. The topological polar surface area (TPSA) is 85.3 Å². The van der Waals surface area contributed by atoms with Crippen molar-refractivity contribution in [3.63, 3.8) is 0 Å². The van der Waals surface area contributed by atoms with Gasteiger partial charge in [0, 0.05) is 17.3 Å². The minimum absolute atomic E-state index is 0.0237. The molecule has 1 saturated heterocycles. The summed E-state index contributed by atoms with van der Waals surface area (Å²) in [5, 5.41) is 11.2. The number of ketones is 1. The molecule has 0 bridgehead atoms. The van der Waals surface area contributed by atoms with E-state index in [2.05, 4.69) is 4.74 Å². The summed E-state index contributed by atoms with van der Waals surface area (Å²) in [6, 6.07) is 16.2. The molecule has 0 aliphatic carbocycles. The fourth-order valence-electron chi connectivity index (χ4n) is 3.96. The molecule has 1 amide bonds. The number of hydrogen-bond donors (Lipinski definition) is 1. The van der Waals surface area contributed by atoms with Crippen molar-refractivity contribution >= 4 is 23.1 Å². The number of methoxy groups -OCH3 is 2. The van der Waals surface area contributed by atoms with Crippen LogP contribution in [0.25, 0.3) is 5.76 Å². The molecule has 36 heavy (non-hydrogen) atoms. The van der Waals surface area contributed by atoms with Crippen molar-refractivity contribution in [1.82, 2.24) is 0 Å². The highest BCUT2D eigenvalue weighted by molar-refractivity contribution is 6.51. The van der Waals surface area contributed by atoms with Crippen molar-refractivity contribution in [3.05, 3.63) is 89.5 Å². The van der Waals surface area contributed by atoms with Crippen LogP contribution in [-0.4, -0.2) is 37.4 Å². The number of hydrogen-bond acceptors (Lipinski definition) is 6. The van der Waals surface area contributed by atoms with E-state index in [4.69, 9.17) is 9.47 Å². The van der Waals surface area contributed by atoms with Gasteiger partial charge in [0.05, 0.1) is 25.8 Å². The molecule has 1 aliphatic heterocycles. The smallest absolute Gasteiger partial charge is 0.507 e. The van der Waals surface area contributed by atoms with Gasteiger partial charge < -0.3 is 19.3 Å². The van der Waals surface area contributed by atoms with Crippen LogP contribution in [0, 0.1) is 0 Å². The van der Waals surface area contributed by atoms with E-state index in [-0.39, 0.29) is 16.8 Å². The van der Waals surface area contributed by atoms with Crippen molar-refractivity contribution in [1.29, 1.82) is 0 Å². The van der Waals surface area contributed by atoms with Crippen LogP contribution in [0.15, 0.2) is 78.4 Å². The molecule has 3 aromatic rings. The van der Waals surface area contributed by atoms with E-state index in [1.165, 1.54) is 38.5 Å². The maximum Gasteiger partial charge on any atom is 0.573 e. The Morgan fingerprint density at radius 2 is 1.50 bits per heavy atom. The van der Waals surface area contributed by atoms with Crippen LogP contribution in [0.5, 0.6) is 17.2 Å². The van der Waals surface area contributed by atoms with Crippen LogP contribution in [0.3, 0.4) is 0 Å². The normalized spacial score (nSPS) is 17.2. The van der Waals surface area contributed by atoms with Crippen molar-refractivity contribution in [2.45, 2.75) is 12.4 Å². The van der Waals surface area contributed by atoms with Gasteiger partial charge in [-0.1, -0.05) is 30.3 Å². The van der Waals surface area contributed by atoms with E-state index in [1.54, 1.807) is 36.4 Å². The number of benzene rings is 3. The van der Waals surface area contributed by atoms with Crippen LogP contribution < -0.4 is 19.1 Å². The Kier molecular flexibility index (Phi) is 6.61. The summed E-state index contributed by atoms with van der Waals surface area (Å²) in [4.78, 5) is 27.4. The number of amides is 1. The Hall–Kier alpha value is -4.47. The lowest BCUT2D eigenvalue weighted by molar-refractivity contribution is -0.274. The third kappa shape index (κ3) is 4.83. The first-order valence-electron chi connectivity index (χ1n) is 10.6. The van der Waals surface area contributed by atoms with Crippen LogP contribution in [0.1, 0.15) is 17.2 Å². The standard InChI is InChI=1S/C26H20F3NO6/c1-34-18-11-9-15(10-12-18)22-21(23(31)16-5-3-7-19(13-16)35-2)24(32)25(33)30(22)17-6-4-8-20(14-17)36-26(27,28)29/h3-14,22,31H,1-2H3/b23-21+. The van der Waals surface area contributed by atoms with E-state index >= 15 is 0 Å². The molecule has 1 atom stereocenters. The van der Waals surface area contributed by atoms with Gasteiger partial charge in [-0.05, 0) is 42.0 Å². The zero-order chi connectivity index (χ0) is 26.0. The first kappa shape index (κ1) is 24.6. The lowest BCUT2D eigenvalue weighted by Crippen LogP contribution is -2.29. The van der Waals surface area contributed by atoms with Crippen molar-refractivity contribution in [3.8, 4) is 17.2 Å². The van der Waals surface area contributed by atoms with Gasteiger partial charge in [0.1, 0.15) is 23.0 Å². The summed E-state index contributed by atoms with van der Waals surface area (Å²) in [7, 11) is 2.90. The maximum absolute atomic E-state index is 13.2. The second-order valence-electron chi connectivity index (χ2n) is 7.72. The Labute approximate surface area is 203 Å². The summed E-state index contributed by atoms with van der Waals surface area (Å²) in [6.07, 6.45) is -4.95. The van der Waals surface area contributed by atoms with Crippen LogP contribution in [0.2, 0.25) is 0 Å². The number of aliphatic hydroxyl groups is 1. The van der Waals surface area contributed by atoms with E-state index in [0.717, 1.165) is 17.0 Å². The molecule has 0 aromatic heterocycles. The molecule has 4 rings (SSSR count). The maximum atomic E-state index is 13.2. The van der Waals surface area contributed by atoms with Gasteiger partial charge in [-0.15, -0.1) is 13.2 Å². The molecular weight excluding hydrogens is 479 g/mol. The van der Waals surface area contributed by atoms with E-state index < -0.39 is 35.6 Å². The second-order valence-corrected chi connectivity index (χ2v) is 7.72. The lowest BCUT2D eigenvalue weighted by atomic mass is 9.95. The Morgan fingerprint density at radius 1 is 0.861 bits per heavy atom. The number of carbonyl (C=O) groups excluding carboxylic acids is 2. The van der Waals surface area contributed by atoms with Crippen LogP contribution in [0.4, 0.5) is 18.9 Å². The number of ether oxygens (including phenoxy) is 3. The molecule has 10 heteroatoms. The number of halogens is 3. The van der Waals surface area contributed by atoms with Gasteiger partial charge in [-0.25, -0.2) is 0 Å². The molecular formula is C26H20F3NO6. The number of Topliss-reactive ketones (excluding diaryl/α,β-unsaturated/α-hetero) is 1. The molecule has 1 N–H and O–H groups in total. The number of nitrogens with zero attached hydrogens (tertiary/aromatic N) is 1. The second kappa shape index (κ2) is 9.65. The molecule has 1 heterocycles. The highest BCUT2D eigenvalue weighted by Crippen LogP contribution is 2.43. The fraction of sp³-hybridized carbons (Fsp3) is 0.154. The number of rotatable bonds is 6. The Balaban J connectivity index is 1.90. The van der Waals surface area contributed by atoms with Gasteiger partial charge in [-0.3, -0.25) is 14.5 Å². The number of aliphatic hydroxyl groups excluding tert-OH is 1. The summed E-state index contributed by atoms with van der Waals surface area (Å²) in [6.45, 7) is 0. The Morgan fingerprint density at radius 3 is 2.14 bits per heavy atom. The molecule has 0 spiro atoms. The molecule has 7 nitrogen and oxygen atoms in total. The van der Waals surface area contributed by atoms with Crippen molar-refractivity contribution < 1.29 is 42.1 Å². The molecule has 186 valence electrons. The summed E-state index contributed by atoms with van der Waals surface area (Å²) in [5.74, 6) is -2.14. The minimum Gasteiger partial charge on any atom is -0.507 e. The van der Waals surface area contributed by atoms with Gasteiger partial charge in [0.25, 0.3) is 11.7 Å². The molecule has 0 radical (unpaired) electrons. The van der Waals surface area contributed by atoms with Crippen molar-refractivity contribution in [2.75, 3.05) is 19.1 Å². The summed E-state index contributed by atoms with van der Waals surface area (Å²) >= 11 is 0. The lowest BCUT2D eigenvalue weighted by Gasteiger charge is -2.26. The van der Waals surface area contributed by atoms with Crippen LogP contribution in [-0.2, 0) is 9.59 Å². The largest absolute Gasteiger partial charge is 0.573 e. The highest BCUT2D eigenvalue weighted by Gasteiger charge is 2.47. The first-order chi connectivity index (χ1) is 17.1. The average molecular weight is 499 g/mol. The van der Waals surface area contributed by atoms with E-state index in [0.29, 0.717) is 17.1 Å². The third-order valence-electron chi connectivity index (χ3n) is 5.55. The first-order valence-corrected chi connectivity index (χ1v) is 10.6. The van der Waals surface area contributed by atoms with Crippen molar-refractivity contribution in [2.24, 2.45) is 0 Å². The van der Waals surface area contributed by atoms with Crippen LogP contribution >= 0.6 is 0 Å². The Bertz CT molecular complexity index is 1330. The summed E-state index contributed by atoms with van der Waals surface area (Å²) in [5.41, 5.74) is 0.381. The summed E-state index contributed by atoms with van der Waals surface area (Å²) < 4.78 is 52.7. The zero-order valence-corrected chi connectivity index (χ0v) is 19.1. The number of anilines is 1. The zero-order valence-electron chi connectivity index (χ0n) is 19.1. The van der Waals surface area contributed by atoms with Gasteiger partial charge >= 0.3 is 6.36 Å². The third-order valence-corrected chi connectivity index (χ3v) is 5.55. The molecule has 3 aromatic carbocycles. The fourth-order valence-corrected chi connectivity index (χ4v) is 3.96. The predicted octanol–water partition coefficient (Wildman–Crippen LogP) is 5.23. The molecule has 1 fully saturated rings. The van der Waals surface area contributed by atoms with Gasteiger partial charge in [0.2, 0.25) is 0 Å². The minimum atomic E-state index is -4.95.